The van der Waals surface area contributed by atoms with Crippen LogP contribution in [-0.2, 0) is 11.3 Å². The van der Waals surface area contributed by atoms with Gasteiger partial charge in [0.25, 0.3) is 5.91 Å². The maximum atomic E-state index is 12.1. The summed E-state index contributed by atoms with van der Waals surface area (Å²) < 4.78 is 0. The molecule has 0 aliphatic rings. The average Bonchev–Trinajstić information content (AvgIpc) is 2.81. The van der Waals surface area contributed by atoms with Crippen LogP contribution in [0.4, 0.5) is 0 Å². The molecule has 32 heavy (non-hydrogen) atoms. The number of nitrogens with two attached hydrogens (primary N) is 1. The molecule has 8 heteroatoms. The summed E-state index contributed by atoms with van der Waals surface area (Å²) in [6.45, 7) is 2.17. The molecule has 0 heterocycles. The smallest absolute Gasteiger partial charge is 0.251 e. The number of nitrogens with one attached hydrogen (secondary N) is 5. The van der Waals surface area contributed by atoms with E-state index in [0.717, 1.165) is 38.8 Å². The van der Waals surface area contributed by atoms with E-state index in [0.29, 0.717) is 12.1 Å². The Bertz CT molecular complexity index is 829. The minimum Gasteiger partial charge on any atom is -0.370 e. The number of hydrogen-bond donors (Lipinski definition) is 6. The molecule has 0 bridgehead atoms. The number of rotatable bonds is 14. The van der Waals surface area contributed by atoms with Crippen LogP contribution in [0.1, 0.15) is 41.6 Å². The fourth-order valence-corrected chi connectivity index (χ4v) is 3.29. The van der Waals surface area contributed by atoms with Crippen LogP contribution in [0.25, 0.3) is 0 Å². The zero-order valence-electron chi connectivity index (χ0n) is 18.4. The van der Waals surface area contributed by atoms with Gasteiger partial charge in [0.15, 0.2) is 5.96 Å². The van der Waals surface area contributed by atoms with Crippen molar-refractivity contribution < 1.29 is 9.59 Å². The number of guanidine groups is 1. The highest BCUT2D eigenvalue weighted by molar-refractivity contribution is 5.94. The van der Waals surface area contributed by atoms with Crippen LogP contribution >= 0.6 is 0 Å². The van der Waals surface area contributed by atoms with Crippen molar-refractivity contribution in [3.63, 3.8) is 0 Å². The number of carbonyl (C=O) groups excluding carboxylic acids is 2. The van der Waals surface area contributed by atoms with Crippen LogP contribution in [0.3, 0.4) is 0 Å². The number of hydrogen-bond acceptors (Lipinski definition) is 4. The Hall–Kier alpha value is -3.39. The zero-order valence-corrected chi connectivity index (χ0v) is 18.4. The van der Waals surface area contributed by atoms with Crippen LogP contribution in [-0.4, -0.2) is 43.5 Å². The van der Waals surface area contributed by atoms with Crippen molar-refractivity contribution in [2.45, 2.75) is 38.3 Å². The summed E-state index contributed by atoms with van der Waals surface area (Å²) in [5.41, 5.74) is 7.13. The van der Waals surface area contributed by atoms with Crippen molar-refractivity contribution in [3.05, 3.63) is 71.8 Å². The first-order valence-electron chi connectivity index (χ1n) is 11.0. The van der Waals surface area contributed by atoms with Gasteiger partial charge in [-0.15, -0.1) is 0 Å². The van der Waals surface area contributed by atoms with E-state index in [-0.39, 0.29) is 30.4 Å². The summed E-state index contributed by atoms with van der Waals surface area (Å²) in [7, 11) is 0. The standard InChI is InChI=1S/C24H34N6O2/c25-24(26)29-18-22(31)30-21(13-7-15-27-17-19-9-3-1-4-10-19)14-8-16-28-23(32)20-11-5-2-6-12-20/h1-6,9-12,21,27H,7-8,13-18H2,(H,28,32)(H,30,31)(H4,25,26,29). The molecular formula is C24H34N6O2. The second-order valence-electron chi connectivity index (χ2n) is 7.60. The quantitative estimate of drug-likeness (QED) is 0.152. The van der Waals surface area contributed by atoms with E-state index in [4.69, 9.17) is 11.1 Å². The molecule has 0 aromatic heterocycles. The lowest BCUT2D eigenvalue weighted by molar-refractivity contribution is -0.120. The van der Waals surface area contributed by atoms with Crippen LogP contribution in [0, 0.1) is 5.41 Å². The number of amides is 2. The number of benzene rings is 2. The third kappa shape index (κ3) is 10.6. The summed E-state index contributed by atoms with van der Waals surface area (Å²) in [6.07, 6.45) is 3.23. The van der Waals surface area contributed by atoms with Gasteiger partial charge in [-0.1, -0.05) is 48.5 Å². The molecule has 8 nitrogen and oxygen atoms in total. The first kappa shape index (κ1) is 24.9. The molecule has 1 unspecified atom stereocenters. The SMILES string of the molecule is N=C(N)NCC(=O)NC(CCCNCc1ccccc1)CCCNC(=O)c1ccccc1. The minimum absolute atomic E-state index is 0.0107. The van der Waals surface area contributed by atoms with Crippen molar-refractivity contribution in [1.29, 1.82) is 5.41 Å². The molecule has 0 aliphatic heterocycles. The van der Waals surface area contributed by atoms with Crippen LogP contribution in [0.15, 0.2) is 60.7 Å². The highest BCUT2D eigenvalue weighted by Gasteiger charge is 2.13. The highest BCUT2D eigenvalue weighted by Crippen LogP contribution is 2.06. The summed E-state index contributed by atoms with van der Waals surface area (Å²) in [5.74, 6) is -0.525. The van der Waals surface area contributed by atoms with Crippen molar-refractivity contribution >= 4 is 17.8 Å². The number of carbonyl (C=O) groups is 2. The van der Waals surface area contributed by atoms with E-state index in [1.807, 2.05) is 36.4 Å². The fraction of sp³-hybridized carbons (Fsp3) is 0.375. The molecule has 0 spiro atoms. The Morgan fingerprint density at radius 3 is 2.16 bits per heavy atom. The molecule has 2 aromatic rings. The third-order valence-electron chi connectivity index (χ3n) is 4.93. The lowest BCUT2D eigenvalue weighted by atomic mass is 10.1. The van der Waals surface area contributed by atoms with Crippen LogP contribution in [0.2, 0.25) is 0 Å². The predicted molar refractivity (Wildman–Crippen MR) is 127 cm³/mol. The first-order chi connectivity index (χ1) is 15.5. The Balaban J connectivity index is 1.72. The summed E-state index contributed by atoms with van der Waals surface area (Å²) >= 11 is 0. The monoisotopic (exact) mass is 438 g/mol. The molecular weight excluding hydrogens is 404 g/mol. The van der Waals surface area contributed by atoms with Gasteiger partial charge in [-0.05, 0) is 49.9 Å². The van der Waals surface area contributed by atoms with E-state index in [1.54, 1.807) is 12.1 Å². The lowest BCUT2D eigenvalue weighted by Crippen LogP contribution is -2.44. The second kappa shape index (κ2) is 14.6. The molecule has 0 saturated carbocycles. The maximum absolute atomic E-state index is 12.1. The Morgan fingerprint density at radius 1 is 0.875 bits per heavy atom. The topological polar surface area (TPSA) is 132 Å². The van der Waals surface area contributed by atoms with Crippen molar-refractivity contribution in [2.24, 2.45) is 5.73 Å². The summed E-state index contributed by atoms with van der Waals surface area (Å²) in [5, 5.41) is 19.1. The van der Waals surface area contributed by atoms with E-state index in [9.17, 15) is 9.59 Å². The molecule has 0 radical (unpaired) electrons. The van der Waals surface area contributed by atoms with Gasteiger partial charge in [-0.25, -0.2) is 0 Å². The second-order valence-corrected chi connectivity index (χ2v) is 7.60. The van der Waals surface area contributed by atoms with Crippen LogP contribution < -0.4 is 27.0 Å². The Kier molecular flexibility index (Phi) is 11.3. The summed E-state index contributed by atoms with van der Waals surface area (Å²) in [6, 6.07) is 19.3. The van der Waals surface area contributed by atoms with E-state index < -0.39 is 0 Å². The van der Waals surface area contributed by atoms with Gasteiger partial charge >= 0.3 is 0 Å². The molecule has 1 atom stereocenters. The fourth-order valence-electron chi connectivity index (χ4n) is 3.29. The van der Waals surface area contributed by atoms with Gasteiger partial charge in [-0.3, -0.25) is 15.0 Å². The largest absolute Gasteiger partial charge is 0.370 e. The minimum atomic E-state index is -0.231. The third-order valence-corrected chi connectivity index (χ3v) is 4.93. The summed E-state index contributed by atoms with van der Waals surface area (Å²) in [4.78, 5) is 24.3. The van der Waals surface area contributed by atoms with Crippen molar-refractivity contribution in [3.8, 4) is 0 Å². The van der Waals surface area contributed by atoms with Crippen molar-refractivity contribution in [1.82, 2.24) is 21.3 Å². The van der Waals surface area contributed by atoms with Gasteiger partial charge in [0.05, 0.1) is 6.54 Å². The van der Waals surface area contributed by atoms with Gasteiger partial charge in [0, 0.05) is 24.7 Å². The molecule has 2 amide bonds. The van der Waals surface area contributed by atoms with Crippen LogP contribution in [0.5, 0.6) is 0 Å². The molecule has 172 valence electrons. The molecule has 2 aromatic carbocycles. The zero-order chi connectivity index (χ0) is 23.0. The predicted octanol–water partition coefficient (Wildman–Crippen LogP) is 1.73. The molecule has 2 rings (SSSR count). The van der Waals surface area contributed by atoms with E-state index in [2.05, 4.69) is 33.4 Å². The normalized spacial score (nSPS) is 11.4. The van der Waals surface area contributed by atoms with E-state index >= 15 is 0 Å². The van der Waals surface area contributed by atoms with Gasteiger partial charge in [0.2, 0.25) is 5.91 Å². The highest BCUT2D eigenvalue weighted by atomic mass is 16.2. The molecule has 0 aliphatic carbocycles. The molecule has 0 saturated heterocycles. The van der Waals surface area contributed by atoms with Crippen molar-refractivity contribution in [2.75, 3.05) is 19.6 Å². The maximum Gasteiger partial charge on any atom is 0.251 e. The molecule has 0 fully saturated rings. The van der Waals surface area contributed by atoms with E-state index in [1.165, 1.54) is 5.56 Å². The first-order valence-corrected chi connectivity index (χ1v) is 11.0. The Labute approximate surface area is 189 Å². The molecule has 7 N–H and O–H groups in total. The van der Waals surface area contributed by atoms with Gasteiger partial charge < -0.3 is 27.0 Å². The van der Waals surface area contributed by atoms with Gasteiger partial charge in [0.1, 0.15) is 0 Å². The van der Waals surface area contributed by atoms with Gasteiger partial charge in [-0.2, -0.15) is 0 Å². The lowest BCUT2D eigenvalue weighted by Gasteiger charge is -2.19. The Morgan fingerprint density at radius 2 is 1.50 bits per heavy atom. The average molecular weight is 439 g/mol.